The highest BCUT2D eigenvalue weighted by Gasteiger charge is 2.14. The molecular formula is C23H33N3O3. The van der Waals surface area contributed by atoms with E-state index >= 15 is 0 Å². The minimum atomic E-state index is 0.159. The number of fused-ring (bicyclic) bond motifs is 1. The number of anilines is 1. The van der Waals surface area contributed by atoms with E-state index in [1.54, 1.807) is 6.20 Å². The standard InChI is InChI=1S/C23H33N3O3/c1-3-4-7-20(10-12-27)26-23-22(16-24-17(2)25-23)28-13-5-6-18-8-9-19-11-14-29-21(19)15-18/h8-9,15-16,20,27H,3-7,10-14H2,1-2H3,(H,24,25,26)/t20-/m0/s1. The average Bonchev–Trinajstić information content (AvgIpc) is 3.19. The highest BCUT2D eigenvalue weighted by Crippen LogP contribution is 2.27. The molecule has 1 atom stereocenters. The van der Waals surface area contributed by atoms with E-state index in [2.05, 4.69) is 40.4 Å². The Hall–Kier alpha value is -2.34. The van der Waals surface area contributed by atoms with Crippen molar-refractivity contribution in [3.05, 3.63) is 41.3 Å². The van der Waals surface area contributed by atoms with E-state index in [-0.39, 0.29) is 12.6 Å². The number of ether oxygens (including phenoxy) is 2. The van der Waals surface area contributed by atoms with Gasteiger partial charge in [0.1, 0.15) is 11.6 Å². The molecule has 0 unspecified atom stereocenters. The summed E-state index contributed by atoms with van der Waals surface area (Å²) in [4.78, 5) is 8.82. The van der Waals surface area contributed by atoms with E-state index in [0.717, 1.165) is 56.7 Å². The van der Waals surface area contributed by atoms with E-state index in [4.69, 9.17) is 9.47 Å². The molecular weight excluding hydrogens is 366 g/mol. The second-order valence-corrected chi connectivity index (χ2v) is 7.62. The minimum Gasteiger partial charge on any atom is -0.493 e. The first kappa shape index (κ1) is 21.4. The number of hydrogen-bond acceptors (Lipinski definition) is 6. The Kier molecular flexibility index (Phi) is 8.11. The molecule has 0 fully saturated rings. The number of hydrogen-bond donors (Lipinski definition) is 2. The predicted octanol–water partition coefficient (Wildman–Crippen LogP) is 4.08. The van der Waals surface area contributed by atoms with Crippen LogP contribution in [0.5, 0.6) is 11.5 Å². The van der Waals surface area contributed by atoms with Crippen LogP contribution in [0.3, 0.4) is 0 Å². The van der Waals surface area contributed by atoms with Crippen LogP contribution in [0.25, 0.3) is 0 Å². The first-order chi connectivity index (χ1) is 14.2. The minimum absolute atomic E-state index is 0.159. The van der Waals surface area contributed by atoms with Crippen molar-refractivity contribution in [2.75, 3.05) is 25.1 Å². The van der Waals surface area contributed by atoms with E-state index in [1.807, 2.05) is 6.92 Å². The van der Waals surface area contributed by atoms with Gasteiger partial charge in [0.2, 0.25) is 0 Å². The molecule has 158 valence electrons. The zero-order valence-electron chi connectivity index (χ0n) is 17.6. The van der Waals surface area contributed by atoms with Gasteiger partial charge in [0.25, 0.3) is 0 Å². The number of benzene rings is 1. The molecule has 1 aliphatic heterocycles. The Morgan fingerprint density at radius 3 is 3.00 bits per heavy atom. The zero-order chi connectivity index (χ0) is 20.5. The number of unbranched alkanes of at least 4 members (excludes halogenated alkanes) is 1. The largest absolute Gasteiger partial charge is 0.493 e. The number of aliphatic hydroxyl groups is 1. The lowest BCUT2D eigenvalue weighted by Gasteiger charge is -2.20. The Balaban J connectivity index is 1.54. The second kappa shape index (κ2) is 11.0. The van der Waals surface area contributed by atoms with Crippen molar-refractivity contribution in [2.24, 2.45) is 0 Å². The van der Waals surface area contributed by atoms with Crippen LogP contribution in [-0.4, -0.2) is 40.9 Å². The van der Waals surface area contributed by atoms with Gasteiger partial charge in [0, 0.05) is 19.1 Å². The average molecular weight is 400 g/mol. The highest BCUT2D eigenvalue weighted by atomic mass is 16.5. The third kappa shape index (κ3) is 6.32. The molecule has 0 bridgehead atoms. The maximum absolute atomic E-state index is 9.36. The number of nitrogens with one attached hydrogen (secondary N) is 1. The Bertz CT molecular complexity index is 782. The summed E-state index contributed by atoms with van der Waals surface area (Å²) in [6, 6.07) is 6.69. The van der Waals surface area contributed by atoms with Crippen molar-refractivity contribution >= 4 is 5.82 Å². The summed E-state index contributed by atoms with van der Waals surface area (Å²) in [5, 5.41) is 12.8. The van der Waals surface area contributed by atoms with E-state index in [0.29, 0.717) is 24.6 Å². The topological polar surface area (TPSA) is 76.5 Å². The SMILES string of the molecule is CCCC[C@@H](CCO)Nc1nc(C)ncc1OCCCc1ccc2c(c1)OCC2. The van der Waals surface area contributed by atoms with Crippen LogP contribution in [0.1, 0.15) is 56.0 Å². The smallest absolute Gasteiger partial charge is 0.179 e. The van der Waals surface area contributed by atoms with Gasteiger partial charge in [0.15, 0.2) is 11.6 Å². The third-order valence-electron chi connectivity index (χ3n) is 5.23. The van der Waals surface area contributed by atoms with Crippen molar-refractivity contribution in [1.29, 1.82) is 0 Å². The lowest BCUT2D eigenvalue weighted by molar-refractivity contribution is 0.275. The van der Waals surface area contributed by atoms with Crippen LogP contribution in [0.4, 0.5) is 5.82 Å². The molecule has 0 radical (unpaired) electrons. The third-order valence-corrected chi connectivity index (χ3v) is 5.23. The van der Waals surface area contributed by atoms with Gasteiger partial charge < -0.3 is 19.9 Å². The summed E-state index contributed by atoms with van der Waals surface area (Å²) >= 11 is 0. The summed E-state index contributed by atoms with van der Waals surface area (Å²) in [5.41, 5.74) is 2.58. The van der Waals surface area contributed by atoms with Gasteiger partial charge in [-0.25, -0.2) is 9.97 Å². The lowest BCUT2D eigenvalue weighted by Crippen LogP contribution is -2.22. The number of aryl methyl sites for hydroxylation is 2. The van der Waals surface area contributed by atoms with E-state index < -0.39 is 0 Å². The molecule has 6 nitrogen and oxygen atoms in total. The quantitative estimate of drug-likeness (QED) is 0.524. The lowest BCUT2D eigenvalue weighted by atomic mass is 10.1. The van der Waals surface area contributed by atoms with Gasteiger partial charge >= 0.3 is 0 Å². The second-order valence-electron chi connectivity index (χ2n) is 7.62. The van der Waals surface area contributed by atoms with Crippen molar-refractivity contribution in [2.45, 2.75) is 64.8 Å². The van der Waals surface area contributed by atoms with Crippen LogP contribution < -0.4 is 14.8 Å². The van der Waals surface area contributed by atoms with Gasteiger partial charge in [0.05, 0.1) is 19.4 Å². The zero-order valence-corrected chi connectivity index (χ0v) is 17.6. The molecule has 0 aliphatic carbocycles. The molecule has 0 spiro atoms. The number of aromatic nitrogens is 2. The maximum Gasteiger partial charge on any atom is 0.179 e. The Morgan fingerprint density at radius 1 is 1.28 bits per heavy atom. The van der Waals surface area contributed by atoms with Crippen LogP contribution in [0.15, 0.2) is 24.4 Å². The molecule has 2 aromatic rings. The number of rotatable bonds is 12. The van der Waals surface area contributed by atoms with Crippen molar-refractivity contribution < 1.29 is 14.6 Å². The van der Waals surface area contributed by atoms with Crippen molar-refractivity contribution in [1.82, 2.24) is 9.97 Å². The van der Waals surface area contributed by atoms with Crippen molar-refractivity contribution in [3.8, 4) is 11.5 Å². The molecule has 0 saturated carbocycles. The molecule has 1 aromatic carbocycles. The molecule has 29 heavy (non-hydrogen) atoms. The molecule has 2 heterocycles. The first-order valence-electron chi connectivity index (χ1n) is 10.8. The summed E-state index contributed by atoms with van der Waals surface area (Å²) in [5.74, 6) is 3.13. The highest BCUT2D eigenvalue weighted by molar-refractivity contribution is 5.49. The summed E-state index contributed by atoms with van der Waals surface area (Å²) in [7, 11) is 0. The van der Waals surface area contributed by atoms with Crippen LogP contribution >= 0.6 is 0 Å². The molecule has 1 aliphatic rings. The fourth-order valence-corrected chi connectivity index (χ4v) is 3.58. The molecule has 0 saturated heterocycles. The van der Waals surface area contributed by atoms with E-state index in [1.165, 1.54) is 11.1 Å². The van der Waals surface area contributed by atoms with Gasteiger partial charge in [-0.05, 0) is 49.8 Å². The Morgan fingerprint density at radius 2 is 2.17 bits per heavy atom. The van der Waals surface area contributed by atoms with Gasteiger partial charge in [-0.3, -0.25) is 0 Å². The molecule has 2 N–H and O–H groups in total. The van der Waals surface area contributed by atoms with E-state index in [9.17, 15) is 5.11 Å². The normalized spacial score (nSPS) is 13.6. The molecule has 6 heteroatoms. The molecule has 1 aromatic heterocycles. The van der Waals surface area contributed by atoms with Crippen LogP contribution in [-0.2, 0) is 12.8 Å². The monoisotopic (exact) mass is 399 g/mol. The van der Waals surface area contributed by atoms with Gasteiger partial charge in [-0.1, -0.05) is 31.9 Å². The summed E-state index contributed by atoms with van der Waals surface area (Å²) in [6.07, 6.45) is 8.54. The van der Waals surface area contributed by atoms with Gasteiger partial charge in [-0.15, -0.1) is 0 Å². The maximum atomic E-state index is 9.36. The number of aliphatic hydroxyl groups excluding tert-OH is 1. The summed E-state index contributed by atoms with van der Waals surface area (Å²) < 4.78 is 11.7. The van der Waals surface area contributed by atoms with Crippen LogP contribution in [0, 0.1) is 6.92 Å². The fourth-order valence-electron chi connectivity index (χ4n) is 3.58. The molecule has 3 rings (SSSR count). The number of nitrogens with zero attached hydrogens (tertiary/aromatic N) is 2. The molecule has 0 amide bonds. The summed E-state index contributed by atoms with van der Waals surface area (Å²) in [6.45, 7) is 5.59. The van der Waals surface area contributed by atoms with Crippen molar-refractivity contribution in [3.63, 3.8) is 0 Å². The first-order valence-corrected chi connectivity index (χ1v) is 10.8. The van der Waals surface area contributed by atoms with Crippen LogP contribution in [0.2, 0.25) is 0 Å². The predicted molar refractivity (Wildman–Crippen MR) is 115 cm³/mol. The Labute approximate surface area is 173 Å². The fraction of sp³-hybridized carbons (Fsp3) is 0.565. The van der Waals surface area contributed by atoms with Gasteiger partial charge in [-0.2, -0.15) is 0 Å².